The zero-order valence-electron chi connectivity index (χ0n) is 13.4. The molecule has 2 aromatic rings. The van der Waals surface area contributed by atoms with E-state index >= 15 is 0 Å². The number of halogens is 1. The molecule has 1 aromatic heterocycles. The van der Waals surface area contributed by atoms with Gasteiger partial charge in [-0.25, -0.2) is 14.2 Å². The lowest BCUT2D eigenvalue weighted by molar-refractivity contribution is 0.0686. The van der Waals surface area contributed by atoms with Crippen molar-refractivity contribution in [2.45, 2.75) is 20.4 Å². The van der Waals surface area contributed by atoms with Crippen LogP contribution in [-0.2, 0) is 6.54 Å². The predicted octanol–water partition coefficient (Wildman–Crippen LogP) is 1.83. The molecule has 0 amide bonds. The molecular weight excluding hydrogens is 378 g/mol. The minimum atomic E-state index is -1.33. The highest BCUT2D eigenvalue weighted by atomic mass is 79.9. The first kappa shape index (κ1) is 18.2. The number of aromatic amines is 1. The summed E-state index contributed by atoms with van der Waals surface area (Å²) in [6.07, 6.45) is 0. The van der Waals surface area contributed by atoms with Gasteiger partial charge in [0.1, 0.15) is 5.69 Å². The third-order valence-corrected chi connectivity index (χ3v) is 4.25. The molecule has 0 aliphatic heterocycles. The molecule has 7 nitrogen and oxygen atoms in total. The van der Waals surface area contributed by atoms with Crippen LogP contribution in [0.25, 0.3) is 5.69 Å². The minimum Gasteiger partial charge on any atom is -0.477 e. The predicted molar refractivity (Wildman–Crippen MR) is 93.9 cm³/mol. The SMILES string of the molecule is CCN(CC)Cc1c(C(=O)O)[nH]c(=O)n(-c2cccc(Br)c2)c1=O. The maximum atomic E-state index is 12.8. The Morgan fingerprint density at radius 1 is 1.29 bits per heavy atom. The summed E-state index contributed by atoms with van der Waals surface area (Å²) in [7, 11) is 0. The maximum Gasteiger partial charge on any atom is 0.352 e. The topological polar surface area (TPSA) is 95.4 Å². The second kappa shape index (κ2) is 7.59. The van der Waals surface area contributed by atoms with Crippen LogP contribution in [0.4, 0.5) is 0 Å². The van der Waals surface area contributed by atoms with Crippen molar-refractivity contribution in [3.8, 4) is 5.69 Å². The Bertz CT molecular complexity index is 868. The van der Waals surface area contributed by atoms with Crippen molar-refractivity contribution in [1.82, 2.24) is 14.5 Å². The normalized spacial score (nSPS) is 11.0. The summed E-state index contributed by atoms with van der Waals surface area (Å²) >= 11 is 3.30. The first-order valence-electron chi connectivity index (χ1n) is 7.48. The Morgan fingerprint density at radius 3 is 2.50 bits per heavy atom. The zero-order valence-corrected chi connectivity index (χ0v) is 15.0. The summed E-state index contributed by atoms with van der Waals surface area (Å²) < 4.78 is 1.66. The number of aromatic carboxylic acids is 1. The Labute approximate surface area is 146 Å². The number of H-pyrrole nitrogens is 1. The summed E-state index contributed by atoms with van der Waals surface area (Å²) in [4.78, 5) is 40.8. The maximum absolute atomic E-state index is 12.8. The van der Waals surface area contributed by atoms with Crippen molar-refractivity contribution in [1.29, 1.82) is 0 Å². The van der Waals surface area contributed by atoms with Gasteiger partial charge >= 0.3 is 11.7 Å². The van der Waals surface area contributed by atoms with Crippen molar-refractivity contribution in [2.24, 2.45) is 0 Å². The van der Waals surface area contributed by atoms with Crippen LogP contribution in [-0.4, -0.2) is 38.6 Å². The fourth-order valence-corrected chi connectivity index (χ4v) is 2.81. The molecule has 0 saturated carbocycles. The van der Waals surface area contributed by atoms with Crippen molar-refractivity contribution < 1.29 is 9.90 Å². The lowest BCUT2D eigenvalue weighted by atomic mass is 10.2. The van der Waals surface area contributed by atoms with E-state index in [1.807, 2.05) is 18.7 Å². The molecule has 0 aliphatic rings. The number of hydrogen-bond donors (Lipinski definition) is 2. The van der Waals surface area contributed by atoms with Crippen LogP contribution in [0.3, 0.4) is 0 Å². The average molecular weight is 396 g/mol. The van der Waals surface area contributed by atoms with Gasteiger partial charge in [0.2, 0.25) is 0 Å². The smallest absolute Gasteiger partial charge is 0.352 e. The Kier molecular flexibility index (Phi) is 5.74. The number of rotatable bonds is 6. The Hall–Kier alpha value is -2.19. The van der Waals surface area contributed by atoms with Crippen molar-refractivity contribution in [3.05, 3.63) is 60.8 Å². The molecule has 2 N–H and O–H groups in total. The molecule has 0 unspecified atom stereocenters. The van der Waals surface area contributed by atoms with Gasteiger partial charge in [0.25, 0.3) is 5.56 Å². The number of nitrogens with one attached hydrogen (secondary N) is 1. The molecule has 0 spiro atoms. The van der Waals surface area contributed by atoms with Gasteiger partial charge in [-0.05, 0) is 31.3 Å². The number of carbonyl (C=O) groups is 1. The largest absolute Gasteiger partial charge is 0.477 e. The molecule has 128 valence electrons. The van der Waals surface area contributed by atoms with Gasteiger partial charge in [-0.2, -0.15) is 0 Å². The highest BCUT2D eigenvalue weighted by molar-refractivity contribution is 9.10. The van der Waals surface area contributed by atoms with E-state index in [9.17, 15) is 19.5 Å². The van der Waals surface area contributed by atoms with Crippen LogP contribution in [0, 0.1) is 0 Å². The van der Waals surface area contributed by atoms with Gasteiger partial charge in [-0.3, -0.25) is 9.69 Å². The third-order valence-electron chi connectivity index (χ3n) is 3.75. The van der Waals surface area contributed by atoms with E-state index in [1.54, 1.807) is 24.3 Å². The molecule has 24 heavy (non-hydrogen) atoms. The van der Waals surface area contributed by atoms with Crippen LogP contribution in [0.15, 0.2) is 38.3 Å². The van der Waals surface area contributed by atoms with Gasteiger partial charge in [0.15, 0.2) is 0 Å². The summed E-state index contributed by atoms with van der Waals surface area (Å²) in [6, 6.07) is 6.70. The molecule has 1 aromatic carbocycles. The van der Waals surface area contributed by atoms with E-state index in [2.05, 4.69) is 20.9 Å². The molecule has 0 saturated heterocycles. The second-order valence-electron chi connectivity index (χ2n) is 5.17. The lowest BCUT2D eigenvalue weighted by Gasteiger charge is -2.19. The average Bonchev–Trinajstić information content (AvgIpc) is 2.53. The molecule has 0 aliphatic carbocycles. The zero-order chi connectivity index (χ0) is 17.9. The summed E-state index contributed by atoms with van der Waals surface area (Å²) in [5, 5.41) is 9.33. The monoisotopic (exact) mass is 395 g/mol. The van der Waals surface area contributed by atoms with Crippen molar-refractivity contribution >= 4 is 21.9 Å². The second-order valence-corrected chi connectivity index (χ2v) is 6.09. The van der Waals surface area contributed by atoms with Gasteiger partial charge in [0.05, 0.1) is 11.3 Å². The van der Waals surface area contributed by atoms with Crippen LogP contribution in [0.5, 0.6) is 0 Å². The number of carboxylic acid groups (broad SMARTS) is 1. The minimum absolute atomic E-state index is 0.0609. The van der Waals surface area contributed by atoms with Gasteiger partial charge < -0.3 is 10.1 Å². The van der Waals surface area contributed by atoms with E-state index in [-0.39, 0.29) is 17.8 Å². The Morgan fingerprint density at radius 2 is 1.96 bits per heavy atom. The molecule has 0 fully saturated rings. The van der Waals surface area contributed by atoms with Crippen molar-refractivity contribution in [2.75, 3.05) is 13.1 Å². The number of carboxylic acids is 1. The van der Waals surface area contributed by atoms with E-state index in [1.165, 1.54) is 0 Å². The summed E-state index contributed by atoms with van der Waals surface area (Å²) in [5.74, 6) is -1.33. The van der Waals surface area contributed by atoms with Crippen LogP contribution in [0.1, 0.15) is 29.9 Å². The van der Waals surface area contributed by atoms with Crippen molar-refractivity contribution in [3.63, 3.8) is 0 Å². The number of benzene rings is 1. The first-order valence-corrected chi connectivity index (χ1v) is 8.28. The molecular formula is C16H18BrN3O4. The van der Waals surface area contributed by atoms with Crippen LogP contribution >= 0.6 is 15.9 Å². The van der Waals surface area contributed by atoms with Crippen LogP contribution in [0.2, 0.25) is 0 Å². The summed E-state index contributed by atoms with van der Waals surface area (Å²) in [5.41, 5.74) is -1.33. The standard InChI is InChI=1S/C16H18BrN3O4/c1-3-19(4-2)9-12-13(15(22)23)18-16(24)20(14(12)21)11-7-5-6-10(17)8-11/h5-8H,3-4,9H2,1-2H3,(H,18,24)(H,22,23). The number of hydrogen-bond acceptors (Lipinski definition) is 4. The molecule has 0 bridgehead atoms. The molecule has 1 heterocycles. The Balaban J connectivity index is 2.73. The third kappa shape index (κ3) is 3.65. The first-order chi connectivity index (χ1) is 11.4. The summed E-state index contributed by atoms with van der Waals surface area (Å²) in [6.45, 7) is 5.30. The molecule has 0 radical (unpaired) electrons. The lowest BCUT2D eigenvalue weighted by Crippen LogP contribution is -2.40. The highest BCUT2D eigenvalue weighted by Gasteiger charge is 2.21. The van der Waals surface area contributed by atoms with E-state index in [0.29, 0.717) is 23.2 Å². The quantitative estimate of drug-likeness (QED) is 0.777. The van der Waals surface area contributed by atoms with Gasteiger partial charge in [-0.1, -0.05) is 35.8 Å². The number of nitrogens with zero attached hydrogens (tertiary/aromatic N) is 2. The van der Waals surface area contributed by atoms with E-state index in [4.69, 9.17) is 0 Å². The molecule has 8 heteroatoms. The number of aromatic nitrogens is 2. The molecule has 0 atom stereocenters. The molecule has 2 rings (SSSR count). The van der Waals surface area contributed by atoms with E-state index < -0.39 is 17.2 Å². The van der Waals surface area contributed by atoms with E-state index in [0.717, 1.165) is 4.57 Å². The fourth-order valence-electron chi connectivity index (χ4n) is 2.42. The van der Waals surface area contributed by atoms with Gasteiger partial charge in [0, 0.05) is 11.0 Å². The fraction of sp³-hybridized carbons (Fsp3) is 0.312. The highest BCUT2D eigenvalue weighted by Crippen LogP contribution is 2.13. The van der Waals surface area contributed by atoms with Gasteiger partial charge in [-0.15, -0.1) is 0 Å². The van der Waals surface area contributed by atoms with Crippen LogP contribution < -0.4 is 11.2 Å².